The summed E-state index contributed by atoms with van der Waals surface area (Å²) in [5.74, 6) is 0.914. The van der Waals surface area contributed by atoms with Crippen molar-refractivity contribution >= 4 is 29.7 Å². The van der Waals surface area contributed by atoms with Crippen molar-refractivity contribution in [2.45, 2.75) is 20.0 Å². The second-order valence-electron chi connectivity index (χ2n) is 4.87. The lowest BCUT2D eigenvalue weighted by Crippen LogP contribution is -2.28. The van der Waals surface area contributed by atoms with Crippen LogP contribution in [0.1, 0.15) is 19.5 Å². The van der Waals surface area contributed by atoms with Crippen LogP contribution in [0.5, 0.6) is 0 Å². The molecule has 0 aromatic carbocycles. The van der Waals surface area contributed by atoms with E-state index in [1.807, 2.05) is 14.1 Å². The van der Waals surface area contributed by atoms with Crippen LogP contribution in [0, 0.1) is 0 Å². The van der Waals surface area contributed by atoms with E-state index in [9.17, 15) is 4.39 Å². The van der Waals surface area contributed by atoms with E-state index in [0.29, 0.717) is 28.8 Å². The number of nitrogens with one attached hydrogen (secondary N) is 1. The minimum absolute atomic E-state index is 0.119. The largest absolute Gasteiger partial charge is 0.366 e. The molecular weight excluding hydrogens is 309 g/mol. The van der Waals surface area contributed by atoms with Crippen molar-refractivity contribution < 1.29 is 9.23 Å². The third-order valence-electron chi connectivity index (χ3n) is 2.51. The fourth-order valence-corrected chi connectivity index (χ4v) is 1.85. The maximum absolute atomic E-state index is 13.7. The Morgan fingerprint density at radius 3 is 2.91 bits per heavy atom. The lowest BCUT2D eigenvalue weighted by atomic mass is 10.3. The lowest BCUT2D eigenvalue weighted by molar-refractivity contribution is 0.234. The molecule has 1 heterocycles. The molecule has 6 nitrogen and oxygen atoms in total. The van der Waals surface area contributed by atoms with Crippen LogP contribution in [0.15, 0.2) is 17.2 Å². The molecule has 0 aliphatic rings. The summed E-state index contributed by atoms with van der Waals surface area (Å²) in [7, 11) is 3.63. The molecule has 1 N–H and O–H groups in total. The minimum atomic E-state index is -1.02. The first-order valence-electron chi connectivity index (χ1n) is 6.80. The van der Waals surface area contributed by atoms with Crippen molar-refractivity contribution in [1.29, 1.82) is 0 Å². The Bertz CT molecular complexity index is 536. The molecular formula is C14H21ClFN5O. The Balaban J connectivity index is 2.76. The van der Waals surface area contributed by atoms with Crippen molar-refractivity contribution in [2.24, 2.45) is 5.16 Å². The average molecular weight is 330 g/mol. The first-order valence-corrected chi connectivity index (χ1v) is 7.18. The topological polar surface area (TPSA) is 62.6 Å². The number of oxime groups is 1. The Hall–Kier alpha value is -1.73. The molecule has 0 unspecified atom stereocenters. The van der Waals surface area contributed by atoms with Gasteiger partial charge in [0.05, 0.1) is 5.69 Å². The van der Waals surface area contributed by atoms with E-state index in [2.05, 4.69) is 20.4 Å². The van der Waals surface area contributed by atoms with Gasteiger partial charge in [0.2, 0.25) is 0 Å². The van der Waals surface area contributed by atoms with Gasteiger partial charge >= 0.3 is 0 Å². The van der Waals surface area contributed by atoms with Gasteiger partial charge in [-0.05, 0) is 27.9 Å². The maximum Gasteiger partial charge on any atom is 0.148 e. The SMILES string of the molecule is C/C=N/O/C(C)=C/c1ncnc(NC[C@H](F)CN(C)C)c1Cl. The molecule has 0 radical (unpaired) electrons. The molecule has 0 fully saturated rings. The van der Waals surface area contributed by atoms with Gasteiger partial charge in [-0.1, -0.05) is 16.8 Å². The predicted molar refractivity (Wildman–Crippen MR) is 87.9 cm³/mol. The van der Waals surface area contributed by atoms with Gasteiger partial charge in [-0.25, -0.2) is 14.4 Å². The third-order valence-corrected chi connectivity index (χ3v) is 2.89. The molecule has 122 valence electrons. The Labute approximate surface area is 135 Å². The van der Waals surface area contributed by atoms with Crippen molar-refractivity contribution in [3.63, 3.8) is 0 Å². The molecule has 8 heteroatoms. The highest BCUT2D eigenvalue weighted by molar-refractivity contribution is 6.34. The standard InChI is InChI=1S/C14H21ClFN5O/c1-5-20-22-10(2)6-12-13(15)14(19-9-18-12)17-7-11(16)8-21(3)4/h5-6,9,11H,7-8H2,1-4H3,(H,17,18,19)/b10-6+,20-5+/t11-/m0/s1. The van der Waals surface area contributed by atoms with Crippen LogP contribution < -0.4 is 5.32 Å². The zero-order valence-electron chi connectivity index (χ0n) is 13.2. The summed E-state index contributed by atoms with van der Waals surface area (Å²) in [4.78, 5) is 14.9. The van der Waals surface area contributed by atoms with Crippen molar-refractivity contribution in [1.82, 2.24) is 14.9 Å². The molecule has 0 bridgehead atoms. The van der Waals surface area contributed by atoms with E-state index < -0.39 is 6.17 Å². The molecule has 0 spiro atoms. The van der Waals surface area contributed by atoms with Gasteiger partial charge in [0.15, 0.2) is 0 Å². The molecule has 0 saturated carbocycles. The van der Waals surface area contributed by atoms with Crippen molar-refractivity contribution in [2.75, 3.05) is 32.5 Å². The average Bonchev–Trinajstić information content (AvgIpc) is 2.45. The zero-order chi connectivity index (χ0) is 16.5. The van der Waals surface area contributed by atoms with Gasteiger partial charge in [0, 0.05) is 25.4 Å². The first kappa shape index (κ1) is 18.3. The monoisotopic (exact) mass is 329 g/mol. The number of hydrogen-bond donors (Lipinski definition) is 1. The highest BCUT2D eigenvalue weighted by atomic mass is 35.5. The van der Waals surface area contributed by atoms with Crippen LogP contribution >= 0.6 is 11.6 Å². The van der Waals surface area contributed by atoms with E-state index >= 15 is 0 Å². The molecule has 0 aliphatic carbocycles. The van der Waals surface area contributed by atoms with E-state index in [4.69, 9.17) is 16.4 Å². The molecule has 1 aromatic heterocycles. The second-order valence-corrected chi connectivity index (χ2v) is 5.25. The quantitative estimate of drug-likeness (QED) is 0.451. The molecule has 1 atom stereocenters. The zero-order valence-corrected chi connectivity index (χ0v) is 13.9. The first-order chi connectivity index (χ1) is 10.4. The molecule has 22 heavy (non-hydrogen) atoms. The number of halogens is 2. The number of nitrogens with zero attached hydrogens (tertiary/aromatic N) is 4. The number of hydrogen-bond acceptors (Lipinski definition) is 6. The van der Waals surface area contributed by atoms with Crippen LogP contribution in [-0.2, 0) is 4.84 Å². The summed E-state index contributed by atoms with van der Waals surface area (Å²) >= 11 is 6.22. The molecule has 1 aromatic rings. The third kappa shape index (κ3) is 6.36. The minimum Gasteiger partial charge on any atom is -0.366 e. The number of alkyl halides is 1. The van der Waals surface area contributed by atoms with Gasteiger partial charge in [-0.15, -0.1) is 0 Å². The van der Waals surface area contributed by atoms with Crippen LogP contribution in [0.25, 0.3) is 6.08 Å². The Kier molecular flexibility index (Phi) is 7.76. The summed E-state index contributed by atoms with van der Waals surface area (Å²) in [5, 5.41) is 6.86. The molecule has 0 saturated heterocycles. The van der Waals surface area contributed by atoms with Crippen LogP contribution in [-0.4, -0.2) is 54.4 Å². The van der Waals surface area contributed by atoms with Crippen LogP contribution in [0.2, 0.25) is 5.02 Å². The summed E-state index contributed by atoms with van der Waals surface area (Å²) < 4.78 is 13.7. The van der Waals surface area contributed by atoms with Gasteiger partial charge in [0.1, 0.15) is 29.1 Å². The second kappa shape index (κ2) is 9.32. The van der Waals surface area contributed by atoms with Crippen LogP contribution in [0.3, 0.4) is 0 Å². The van der Waals surface area contributed by atoms with Gasteiger partial charge in [0.25, 0.3) is 0 Å². The maximum atomic E-state index is 13.7. The lowest BCUT2D eigenvalue weighted by Gasteiger charge is -2.15. The Morgan fingerprint density at radius 1 is 1.55 bits per heavy atom. The van der Waals surface area contributed by atoms with Gasteiger partial charge in [-0.2, -0.15) is 0 Å². The smallest absolute Gasteiger partial charge is 0.148 e. The fraction of sp³-hybridized carbons (Fsp3) is 0.500. The normalized spacial score (nSPS) is 13.7. The van der Waals surface area contributed by atoms with E-state index in [1.165, 1.54) is 12.5 Å². The van der Waals surface area contributed by atoms with Crippen molar-refractivity contribution in [3.05, 3.63) is 22.8 Å². The summed E-state index contributed by atoms with van der Waals surface area (Å²) in [6.45, 7) is 3.92. The van der Waals surface area contributed by atoms with Crippen molar-refractivity contribution in [3.8, 4) is 0 Å². The van der Waals surface area contributed by atoms with E-state index in [1.54, 1.807) is 24.8 Å². The molecule has 1 rings (SSSR count). The fourth-order valence-electron chi connectivity index (χ4n) is 1.63. The van der Waals surface area contributed by atoms with Crippen LogP contribution in [0.4, 0.5) is 10.2 Å². The summed E-state index contributed by atoms with van der Waals surface area (Å²) in [6, 6.07) is 0. The molecule has 0 amide bonds. The number of allylic oxidation sites excluding steroid dienone is 1. The van der Waals surface area contributed by atoms with Gasteiger partial charge < -0.3 is 15.1 Å². The predicted octanol–water partition coefficient (Wildman–Crippen LogP) is 2.82. The number of aromatic nitrogens is 2. The molecule has 0 aliphatic heterocycles. The van der Waals surface area contributed by atoms with E-state index in [0.717, 1.165) is 0 Å². The summed E-state index contributed by atoms with van der Waals surface area (Å²) in [6.07, 6.45) is 3.49. The highest BCUT2D eigenvalue weighted by Crippen LogP contribution is 2.24. The number of rotatable bonds is 8. The van der Waals surface area contributed by atoms with E-state index in [-0.39, 0.29) is 6.54 Å². The van der Waals surface area contributed by atoms with Gasteiger partial charge in [-0.3, -0.25) is 0 Å². The highest BCUT2D eigenvalue weighted by Gasteiger charge is 2.12. The Morgan fingerprint density at radius 2 is 2.27 bits per heavy atom. The number of anilines is 1. The summed E-state index contributed by atoms with van der Waals surface area (Å²) in [5.41, 5.74) is 0.478.